The maximum atomic E-state index is 12.9. The molecule has 1 aromatic carbocycles. The lowest BCUT2D eigenvalue weighted by molar-refractivity contribution is 0.466. The van der Waals surface area contributed by atoms with Crippen LogP contribution in [0.1, 0.15) is 11.1 Å². The maximum Gasteiger partial charge on any atom is 0.126 e. The minimum Gasteiger partial charge on any atom is -0.508 e. The highest BCUT2D eigenvalue weighted by atomic mass is 19.1. The molecule has 0 aromatic heterocycles. The summed E-state index contributed by atoms with van der Waals surface area (Å²) >= 11 is 0. The molecular formula is C9H8FNO. The third-order valence-corrected chi connectivity index (χ3v) is 1.76. The van der Waals surface area contributed by atoms with Crippen molar-refractivity contribution >= 4 is 0 Å². The fraction of sp³-hybridized carbons (Fsp3) is 0.222. The Balaban J connectivity index is 3.25. The van der Waals surface area contributed by atoms with Crippen molar-refractivity contribution in [2.75, 3.05) is 0 Å². The van der Waals surface area contributed by atoms with Crippen LogP contribution in [0.2, 0.25) is 0 Å². The molecule has 0 aliphatic heterocycles. The zero-order chi connectivity index (χ0) is 9.14. The molecule has 1 aromatic rings. The number of aromatic hydroxyl groups is 1. The number of halogens is 1. The number of rotatable bonds is 1. The lowest BCUT2D eigenvalue weighted by Gasteiger charge is -2.04. The summed E-state index contributed by atoms with van der Waals surface area (Å²) in [7, 11) is 0. The van der Waals surface area contributed by atoms with Crippen molar-refractivity contribution in [1.29, 1.82) is 5.26 Å². The minimum absolute atomic E-state index is 0.0181. The Bertz CT molecular complexity index is 341. The van der Waals surface area contributed by atoms with Crippen LogP contribution in [0.25, 0.3) is 0 Å². The van der Waals surface area contributed by atoms with Gasteiger partial charge in [-0.15, -0.1) is 0 Å². The number of hydrogen-bond acceptors (Lipinski definition) is 2. The van der Waals surface area contributed by atoms with E-state index in [0.29, 0.717) is 11.1 Å². The van der Waals surface area contributed by atoms with Crippen LogP contribution in [-0.2, 0) is 6.42 Å². The molecule has 1 N–H and O–H groups in total. The van der Waals surface area contributed by atoms with Gasteiger partial charge in [-0.25, -0.2) is 4.39 Å². The van der Waals surface area contributed by atoms with Crippen molar-refractivity contribution in [1.82, 2.24) is 0 Å². The van der Waals surface area contributed by atoms with Gasteiger partial charge < -0.3 is 5.11 Å². The summed E-state index contributed by atoms with van der Waals surface area (Å²) in [5.74, 6) is -0.409. The van der Waals surface area contributed by atoms with E-state index in [1.807, 2.05) is 6.07 Å². The molecule has 0 spiro atoms. The number of nitrogens with zero attached hydrogens (tertiary/aromatic N) is 1. The smallest absolute Gasteiger partial charge is 0.126 e. The molecule has 2 nitrogen and oxygen atoms in total. The van der Waals surface area contributed by atoms with Gasteiger partial charge in [0.15, 0.2) is 0 Å². The summed E-state index contributed by atoms with van der Waals surface area (Å²) in [4.78, 5) is 0. The molecule has 0 atom stereocenters. The van der Waals surface area contributed by atoms with Gasteiger partial charge in [0.2, 0.25) is 0 Å². The van der Waals surface area contributed by atoms with E-state index < -0.39 is 5.82 Å². The summed E-state index contributed by atoms with van der Waals surface area (Å²) in [6.45, 7) is 1.54. The van der Waals surface area contributed by atoms with Crippen LogP contribution in [0.4, 0.5) is 4.39 Å². The Kier molecular flexibility index (Phi) is 2.29. The SMILES string of the molecule is Cc1c(F)ccc(O)c1CC#N. The number of nitriles is 1. The lowest BCUT2D eigenvalue weighted by Crippen LogP contribution is -1.92. The third kappa shape index (κ3) is 1.37. The van der Waals surface area contributed by atoms with Gasteiger partial charge in [-0.2, -0.15) is 5.26 Å². The van der Waals surface area contributed by atoms with Crippen molar-refractivity contribution in [2.45, 2.75) is 13.3 Å². The highest BCUT2D eigenvalue weighted by Crippen LogP contribution is 2.23. The molecule has 0 heterocycles. The van der Waals surface area contributed by atoms with Crippen LogP contribution in [0.3, 0.4) is 0 Å². The first-order chi connectivity index (χ1) is 5.66. The topological polar surface area (TPSA) is 44.0 Å². The standard InChI is InChI=1S/C9H8FNO/c1-6-7(4-5-11)9(12)3-2-8(6)10/h2-3,12H,4H2,1H3. The van der Waals surface area contributed by atoms with E-state index in [0.717, 1.165) is 0 Å². The first-order valence-electron chi connectivity index (χ1n) is 3.50. The number of hydrogen-bond donors (Lipinski definition) is 1. The molecule has 0 radical (unpaired) electrons. The van der Waals surface area contributed by atoms with Gasteiger partial charge in [-0.1, -0.05) is 0 Å². The highest BCUT2D eigenvalue weighted by Gasteiger charge is 2.07. The molecule has 0 bridgehead atoms. The molecular weight excluding hydrogens is 157 g/mol. The van der Waals surface area contributed by atoms with Gasteiger partial charge in [-0.3, -0.25) is 0 Å². The first kappa shape index (κ1) is 8.54. The summed E-state index contributed by atoms with van der Waals surface area (Å²) in [5.41, 5.74) is 0.717. The molecule has 0 unspecified atom stereocenters. The van der Waals surface area contributed by atoms with Gasteiger partial charge in [-0.05, 0) is 24.6 Å². The highest BCUT2D eigenvalue weighted by molar-refractivity contribution is 5.40. The maximum absolute atomic E-state index is 12.9. The fourth-order valence-corrected chi connectivity index (χ4v) is 1.02. The molecule has 0 fully saturated rings. The zero-order valence-corrected chi connectivity index (χ0v) is 6.63. The number of phenols is 1. The van der Waals surface area contributed by atoms with Crippen LogP contribution in [0.15, 0.2) is 12.1 Å². The molecule has 3 heteroatoms. The molecule has 62 valence electrons. The number of benzene rings is 1. The van der Waals surface area contributed by atoms with E-state index in [1.54, 1.807) is 6.92 Å². The second-order valence-corrected chi connectivity index (χ2v) is 2.50. The monoisotopic (exact) mass is 165 g/mol. The molecule has 1 rings (SSSR count). The zero-order valence-electron chi connectivity index (χ0n) is 6.63. The Labute approximate surface area is 69.9 Å². The summed E-state index contributed by atoms with van der Waals surface area (Å²) < 4.78 is 12.9. The Hall–Kier alpha value is -1.56. The van der Waals surface area contributed by atoms with Crippen LogP contribution >= 0.6 is 0 Å². The minimum atomic E-state index is -0.391. The van der Waals surface area contributed by atoms with Crippen molar-refractivity contribution in [3.05, 3.63) is 29.1 Å². The summed E-state index contributed by atoms with van der Waals surface area (Å²) in [5, 5.41) is 17.6. The molecule has 0 aliphatic carbocycles. The third-order valence-electron chi connectivity index (χ3n) is 1.76. The molecule has 0 saturated heterocycles. The van der Waals surface area contributed by atoms with Gasteiger partial charge in [0.25, 0.3) is 0 Å². The van der Waals surface area contributed by atoms with Crippen molar-refractivity contribution < 1.29 is 9.50 Å². The van der Waals surface area contributed by atoms with E-state index in [1.165, 1.54) is 12.1 Å². The Morgan fingerprint density at radius 1 is 1.58 bits per heavy atom. The summed E-state index contributed by atoms with van der Waals surface area (Å²) in [6, 6.07) is 4.31. The molecule has 0 saturated carbocycles. The largest absolute Gasteiger partial charge is 0.508 e. The second kappa shape index (κ2) is 3.22. The summed E-state index contributed by atoms with van der Waals surface area (Å²) in [6.07, 6.45) is 0.0371. The van der Waals surface area contributed by atoms with E-state index in [4.69, 9.17) is 5.26 Å². The van der Waals surface area contributed by atoms with Crippen molar-refractivity contribution in [3.63, 3.8) is 0 Å². The fourth-order valence-electron chi connectivity index (χ4n) is 1.02. The van der Waals surface area contributed by atoms with Crippen LogP contribution < -0.4 is 0 Å². The van der Waals surface area contributed by atoms with Gasteiger partial charge in [0.05, 0.1) is 12.5 Å². The van der Waals surface area contributed by atoms with E-state index in [-0.39, 0.29) is 12.2 Å². The molecule has 0 amide bonds. The normalized spacial score (nSPS) is 9.42. The van der Waals surface area contributed by atoms with E-state index in [9.17, 15) is 9.50 Å². The average Bonchev–Trinajstić information content (AvgIpc) is 2.06. The number of phenolic OH excluding ortho intramolecular Hbond substituents is 1. The van der Waals surface area contributed by atoms with Crippen molar-refractivity contribution in [2.24, 2.45) is 0 Å². The van der Waals surface area contributed by atoms with Gasteiger partial charge in [0.1, 0.15) is 11.6 Å². The quantitative estimate of drug-likeness (QED) is 0.690. The van der Waals surface area contributed by atoms with Gasteiger partial charge in [0, 0.05) is 5.56 Å². The first-order valence-corrected chi connectivity index (χ1v) is 3.50. The molecule has 12 heavy (non-hydrogen) atoms. The lowest BCUT2D eigenvalue weighted by atomic mass is 10.0. The average molecular weight is 165 g/mol. The predicted molar refractivity (Wildman–Crippen MR) is 42.1 cm³/mol. The Morgan fingerprint density at radius 3 is 2.83 bits per heavy atom. The predicted octanol–water partition coefficient (Wildman–Crippen LogP) is 1.91. The Morgan fingerprint density at radius 2 is 2.25 bits per heavy atom. The van der Waals surface area contributed by atoms with Crippen LogP contribution in [-0.4, -0.2) is 5.11 Å². The van der Waals surface area contributed by atoms with E-state index >= 15 is 0 Å². The van der Waals surface area contributed by atoms with Gasteiger partial charge >= 0.3 is 0 Å². The second-order valence-electron chi connectivity index (χ2n) is 2.50. The van der Waals surface area contributed by atoms with Crippen LogP contribution in [0.5, 0.6) is 5.75 Å². The van der Waals surface area contributed by atoms with E-state index in [2.05, 4.69) is 0 Å². The molecule has 0 aliphatic rings. The van der Waals surface area contributed by atoms with Crippen LogP contribution in [0, 0.1) is 24.1 Å². The van der Waals surface area contributed by atoms with Crippen molar-refractivity contribution in [3.8, 4) is 11.8 Å².